The largest absolute Gasteiger partial charge is 0.377 e. The molecule has 0 saturated carbocycles. The average molecular weight is 441 g/mol. The zero-order valence-electron chi connectivity index (χ0n) is 18.1. The number of carbonyl (C=O) groups is 1. The quantitative estimate of drug-likeness (QED) is 0.358. The average Bonchev–Trinajstić information content (AvgIpc) is 3.20. The second kappa shape index (κ2) is 9.32. The lowest BCUT2D eigenvalue weighted by Crippen LogP contribution is -2.41. The molecule has 4 aromatic rings. The number of anilines is 1. The van der Waals surface area contributed by atoms with Gasteiger partial charge in [0.15, 0.2) is 0 Å². The van der Waals surface area contributed by atoms with E-state index in [0.29, 0.717) is 16.9 Å². The van der Waals surface area contributed by atoms with Crippen LogP contribution in [0.2, 0.25) is 0 Å². The van der Waals surface area contributed by atoms with Gasteiger partial charge in [-0.25, -0.2) is 14.0 Å². The predicted octanol–water partition coefficient (Wildman–Crippen LogP) is 3.77. The minimum atomic E-state index is -0.890. The fourth-order valence-electron chi connectivity index (χ4n) is 3.34. The minimum Gasteiger partial charge on any atom is -0.293 e. The standard InChI is InChI=1S/C25H20FN5O2/c1-3-29(21-13-5-4-6-14-21)24(32)31-25(33)30(27-28-31)23-20(12-9-15-22(23)26)17-16-19-11-8-7-10-18(19)2/h4-15H,3H2,1-2H3. The monoisotopic (exact) mass is 441 g/mol. The van der Waals surface area contributed by atoms with Gasteiger partial charge in [0.25, 0.3) is 0 Å². The smallest absolute Gasteiger partial charge is 0.293 e. The highest BCUT2D eigenvalue weighted by Gasteiger charge is 2.23. The third-order valence-corrected chi connectivity index (χ3v) is 5.05. The first-order valence-electron chi connectivity index (χ1n) is 10.3. The highest BCUT2D eigenvalue weighted by Crippen LogP contribution is 2.17. The molecule has 1 heterocycles. The van der Waals surface area contributed by atoms with E-state index < -0.39 is 17.5 Å². The molecule has 0 spiro atoms. The van der Waals surface area contributed by atoms with Gasteiger partial charge in [-0.2, -0.15) is 4.68 Å². The molecular weight excluding hydrogens is 421 g/mol. The molecule has 0 N–H and O–H groups in total. The number of halogens is 1. The predicted molar refractivity (Wildman–Crippen MR) is 123 cm³/mol. The normalized spacial score (nSPS) is 10.4. The summed E-state index contributed by atoms with van der Waals surface area (Å²) in [6.45, 7) is 4.00. The van der Waals surface area contributed by atoms with Crippen LogP contribution in [0, 0.1) is 24.6 Å². The van der Waals surface area contributed by atoms with Crippen molar-refractivity contribution in [3.05, 3.63) is 106 Å². The maximum atomic E-state index is 14.8. The molecule has 7 nitrogen and oxygen atoms in total. The number of tetrazole rings is 1. The molecule has 1 amide bonds. The van der Waals surface area contributed by atoms with Crippen molar-refractivity contribution in [2.45, 2.75) is 13.8 Å². The van der Waals surface area contributed by atoms with E-state index in [2.05, 4.69) is 22.3 Å². The van der Waals surface area contributed by atoms with Crippen LogP contribution in [0.15, 0.2) is 77.6 Å². The molecular formula is C25H20FN5O2. The zero-order chi connectivity index (χ0) is 23.4. The Hall–Kier alpha value is -4.51. The summed E-state index contributed by atoms with van der Waals surface area (Å²) >= 11 is 0. The SMILES string of the molecule is CCN(C(=O)n1nnn(-c2c(F)cccc2C#Cc2ccccc2C)c1=O)c1ccccc1. The number of benzene rings is 3. The second-order valence-corrected chi connectivity index (χ2v) is 7.15. The molecule has 0 aliphatic heterocycles. The summed E-state index contributed by atoms with van der Waals surface area (Å²) in [5.74, 6) is 5.21. The van der Waals surface area contributed by atoms with Crippen molar-refractivity contribution in [3.63, 3.8) is 0 Å². The first-order chi connectivity index (χ1) is 16.0. The third-order valence-electron chi connectivity index (χ3n) is 5.05. The molecule has 3 aromatic carbocycles. The molecule has 0 saturated heterocycles. The minimum absolute atomic E-state index is 0.162. The maximum absolute atomic E-state index is 14.8. The first-order valence-corrected chi connectivity index (χ1v) is 10.3. The summed E-state index contributed by atoms with van der Waals surface area (Å²) in [5, 5.41) is 7.49. The highest BCUT2D eigenvalue weighted by atomic mass is 19.1. The van der Waals surface area contributed by atoms with Crippen LogP contribution in [0.25, 0.3) is 5.69 Å². The van der Waals surface area contributed by atoms with Gasteiger partial charge in [-0.15, -0.1) is 4.68 Å². The summed E-state index contributed by atoms with van der Waals surface area (Å²) < 4.78 is 16.2. The second-order valence-electron chi connectivity index (χ2n) is 7.15. The Kier molecular flexibility index (Phi) is 6.13. The Bertz CT molecular complexity index is 1430. The van der Waals surface area contributed by atoms with Crippen LogP contribution in [0.5, 0.6) is 0 Å². The lowest BCUT2D eigenvalue weighted by molar-refractivity contribution is 0.244. The van der Waals surface area contributed by atoms with Gasteiger partial charge < -0.3 is 0 Å². The van der Waals surface area contributed by atoms with Gasteiger partial charge in [-0.05, 0) is 60.2 Å². The van der Waals surface area contributed by atoms with Crippen LogP contribution < -0.4 is 10.6 Å². The fourth-order valence-corrected chi connectivity index (χ4v) is 3.34. The van der Waals surface area contributed by atoms with Gasteiger partial charge in [0.05, 0.1) is 5.56 Å². The molecule has 0 bridgehead atoms. The van der Waals surface area contributed by atoms with Crippen molar-refractivity contribution in [1.82, 2.24) is 19.8 Å². The molecule has 1 aromatic heterocycles. The molecule has 0 atom stereocenters. The number of aryl methyl sites for hydroxylation is 1. The summed E-state index contributed by atoms with van der Waals surface area (Å²) in [6, 6.07) is 20.0. The van der Waals surface area contributed by atoms with Crippen LogP contribution in [-0.4, -0.2) is 32.4 Å². The summed E-state index contributed by atoms with van der Waals surface area (Å²) in [4.78, 5) is 27.4. The lowest BCUT2D eigenvalue weighted by atomic mass is 10.1. The van der Waals surface area contributed by atoms with Crippen molar-refractivity contribution >= 4 is 11.7 Å². The molecule has 33 heavy (non-hydrogen) atoms. The van der Waals surface area contributed by atoms with Gasteiger partial charge in [0, 0.05) is 17.8 Å². The van der Waals surface area contributed by atoms with Crippen molar-refractivity contribution < 1.29 is 9.18 Å². The van der Waals surface area contributed by atoms with E-state index in [1.54, 1.807) is 37.3 Å². The van der Waals surface area contributed by atoms with Crippen LogP contribution in [-0.2, 0) is 0 Å². The van der Waals surface area contributed by atoms with Crippen molar-refractivity contribution in [2.24, 2.45) is 0 Å². The van der Waals surface area contributed by atoms with Gasteiger partial charge >= 0.3 is 11.7 Å². The topological polar surface area (TPSA) is 73.0 Å². The molecule has 0 aliphatic rings. The van der Waals surface area contributed by atoms with Gasteiger partial charge in [-0.1, -0.05) is 54.3 Å². The molecule has 8 heteroatoms. The number of amides is 1. The highest BCUT2D eigenvalue weighted by molar-refractivity contribution is 5.92. The van der Waals surface area contributed by atoms with Crippen LogP contribution in [0.1, 0.15) is 23.6 Å². The number of para-hydroxylation sites is 2. The fraction of sp³-hybridized carbons (Fsp3) is 0.120. The summed E-state index contributed by atoms with van der Waals surface area (Å²) in [7, 11) is 0. The molecule has 0 unspecified atom stereocenters. The molecule has 164 valence electrons. The van der Waals surface area contributed by atoms with E-state index >= 15 is 0 Å². The van der Waals surface area contributed by atoms with Crippen LogP contribution in [0.3, 0.4) is 0 Å². The van der Waals surface area contributed by atoms with E-state index in [0.717, 1.165) is 15.8 Å². The Labute approximate surface area is 189 Å². The number of carbonyl (C=O) groups excluding carboxylic acids is 1. The number of hydrogen-bond donors (Lipinski definition) is 0. The number of aromatic nitrogens is 4. The number of nitrogens with zero attached hydrogens (tertiary/aromatic N) is 5. The van der Waals surface area contributed by atoms with Crippen LogP contribution >= 0.6 is 0 Å². The summed E-state index contributed by atoms with van der Waals surface area (Å²) in [6.07, 6.45) is 0. The van der Waals surface area contributed by atoms with E-state index in [4.69, 9.17) is 0 Å². The Morgan fingerprint density at radius 2 is 1.61 bits per heavy atom. The van der Waals surface area contributed by atoms with Gasteiger partial charge in [-0.3, -0.25) is 4.90 Å². The van der Waals surface area contributed by atoms with E-state index in [1.807, 2.05) is 37.3 Å². The van der Waals surface area contributed by atoms with Crippen molar-refractivity contribution in [1.29, 1.82) is 0 Å². The Morgan fingerprint density at radius 3 is 2.33 bits per heavy atom. The van der Waals surface area contributed by atoms with Crippen molar-refractivity contribution in [3.8, 4) is 17.5 Å². The Morgan fingerprint density at radius 1 is 0.939 bits per heavy atom. The number of rotatable bonds is 3. The zero-order valence-corrected chi connectivity index (χ0v) is 18.1. The van der Waals surface area contributed by atoms with Crippen LogP contribution in [0.4, 0.5) is 14.9 Å². The van der Waals surface area contributed by atoms with E-state index in [-0.39, 0.29) is 11.3 Å². The number of hydrogen-bond acceptors (Lipinski definition) is 4. The van der Waals surface area contributed by atoms with E-state index in [1.165, 1.54) is 17.0 Å². The Balaban J connectivity index is 1.76. The van der Waals surface area contributed by atoms with Gasteiger partial charge in [0.1, 0.15) is 11.5 Å². The van der Waals surface area contributed by atoms with E-state index in [9.17, 15) is 14.0 Å². The van der Waals surface area contributed by atoms with Gasteiger partial charge in [0.2, 0.25) is 0 Å². The molecule has 0 radical (unpaired) electrons. The maximum Gasteiger partial charge on any atom is 0.377 e. The molecule has 4 rings (SSSR count). The molecule has 0 aliphatic carbocycles. The lowest BCUT2D eigenvalue weighted by Gasteiger charge is -2.19. The first kappa shape index (κ1) is 21.7. The molecule has 0 fully saturated rings. The third kappa shape index (κ3) is 4.29. The van der Waals surface area contributed by atoms with Crippen molar-refractivity contribution in [2.75, 3.05) is 11.4 Å². The summed E-state index contributed by atoms with van der Waals surface area (Å²) in [5.41, 5.74) is 1.54.